The number of hydrogen-bond donors (Lipinski definition) is 1. The van der Waals surface area contributed by atoms with Crippen LogP contribution in [0, 0.1) is 0 Å². The van der Waals surface area contributed by atoms with Crippen LogP contribution in [0.15, 0.2) is 60.7 Å². The molecule has 0 aromatic heterocycles. The minimum atomic E-state index is 1.16. The standard InChI is InChI=1S/C12H10.C5H13N/c1-3-7-11(8-4-1)12-9-5-2-6-10-12;1-3-4-5-6-2/h1-10H;6H,3-5H2,1-2H3. The van der Waals surface area contributed by atoms with Crippen LogP contribution in [0.1, 0.15) is 19.8 Å². The third-order valence-corrected chi connectivity index (χ3v) is 2.66. The number of unbranched alkanes of at least 4 members (excludes halogenated alkanes) is 1. The van der Waals surface area contributed by atoms with E-state index in [0.29, 0.717) is 0 Å². The molecular weight excluding hydrogens is 218 g/mol. The van der Waals surface area contributed by atoms with Crippen LogP contribution >= 0.6 is 0 Å². The fourth-order valence-corrected chi connectivity index (χ4v) is 1.61. The van der Waals surface area contributed by atoms with Crippen molar-refractivity contribution in [2.24, 2.45) is 0 Å². The highest BCUT2D eigenvalue weighted by Gasteiger charge is 1.91. The van der Waals surface area contributed by atoms with Crippen molar-refractivity contribution in [2.45, 2.75) is 19.8 Å². The van der Waals surface area contributed by atoms with Crippen molar-refractivity contribution in [3.05, 3.63) is 60.7 Å². The lowest BCUT2D eigenvalue weighted by molar-refractivity contribution is 0.711. The molecule has 0 aliphatic heterocycles. The molecule has 1 nitrogen and oxygen atoms in total. The zero-order chi connectivity index (χ0) is 13.1. The van der Waals surface area contributed by atoms with E-state index in [1.807, 2.05) is 19.2 Å². The van der Waals surface area contributed by atoms with E-state index in [-0.39, 0.29) is 0 Å². The second-order valence-electron chi connectivity index (χ2n) is 4.19. The molecule has 0 saturated carbocycles. The Balaban J connectivity index is 0.000000232. The first kappa shape index (κ1) is 14.5. The smallest absolute Gasteiger partial charge is 0.00520 e. The first-order valence-corrected chi connectivity index (χ1v) is 6.63. The molecule has 1 N–H and O–H groups in total. The van der Waals surface area contributed by atoms with Crippen LogP contribution < -0.4 is 5.32 Å². The van der Waals surface area contributed by atoms with Gasteiger partial charge in [0, 0.05) is 0 Å². The third-order valence-electron chi connectivity index (χ3n) is 2.66. The quantitative estimate of drug-likeness (QED) is 0.784. The van der Waals surface area contributed by atoms with Crippen molar-refractivity contribution in [3.63, 3.8) is 0 Å². The molecule has 0 amide bonds. The van der Waals surface area contributed by atoms with Crippen molar-refractivity contribution in [1.29, 1.82) is 0 Å². The Morgan fingerprint density at radius 2 is 1.22 bits per heavy atom. The maximum absolute atomic E-state index is 3.07. The second kappa shape index (κ2) is 9.43. The number of nitrogens with one attached hydrogen (secondary N) is 1. The second-order valence-corrected chi connectivity index (χ2v) is 4.19. The van der Waals surface area contributed by atoms with Crippen molar-refractivity contribution < 1.29 is 0 Å². The van der Waals surface area contributed by atoms with Gasteiger partial charge in [0.1, 0.15) is 0 Å². The molecule has 0 saturated heterocycles. The van der Waals surface area contributed by atoms with Gasteiger partial charge in [-0.2, -0.15) is 0 Å². The van der Waals surface area contributed by atoms with Crippen LogP contribution in [-0.4, -0.2) is 13.6 Å². The van der Waals surface area contributed by atoms with Gasteiger partial charge in [0.2, 0.25) is 0 Å². The SMILES string of the molecule is CCCCNC.c1ccc(-c2ccccc2)cc1. The Hall–Kier alpha value is -1.60. The van der Waals surface area contributed by atoms with Gasteiger partial charge >= 0.3 is 0 Å². The summed E-state index contributed by atoms with van der Waals surface area (Å²) in [6.45, 7) is 3.36. The zero-order valence-corrected chi connectivity index (χ0v) is 11.4. The molecule has 0 radical (unpaired) electrons. The Morgan fingerprint density at radius 3 is 1.50 bits per heavy atom. The van der Waals surface area contributed by atoms with Crippen LogP contribution in [0.25, 0.3) is 11.1 Å². The van der Waals surface area contributed by atoms with E-state index < -0.39 is 0 Å². The molecular formula is C17H23N. The van der Waals surface area contributed by atoms with Gasteiger partial charge in [-0.05, 0) is 31.1 Å². The summed E-state index contributed by atoms with van der Waals surface area (Å²) in [7, 11) is 1.98. The van der Waals surface area contributed by atoms with Crippen LogP contribution in [0.4, 0.5) is 0 Å². The maximum Gasteiger partial charge on any atom is -0.00520 e. The van der Waals surface area contributed by atoms with Gasteiger partial charge in [0.15, 0.2) is 0 Å². The predicted molar refractivity (Wildman–Crippen MR) is 80.7 cm³/mol. The van der Waals surface area contributed by atoms with E-state index in [9.17, 15) is 0 Å². The molecule has 2 aromatic carbocycles. The number of benzene rings is 2. The van der Waals surface area contributed by atoms with E-state index in [4.69, 9.17) is 0 Å². The number of hydrogen-bond acceptors (Lipinski definition) is 1. The molecule has 0 spiro atoms. The van der Waals surface area contributed by atoms with E-state index in [1.165, 1.54) is 24.0 Å². The van der Waals surface area contributed by atoms with Gasteiger partial charge in [-0.25, -0.2) is 0 Å². The van der Waals surface area contributed by atoms with Gasteiger partial charge < -0.3 is 5.32 Å². The van der Waals surface area contributed by atoms with Gasteiger partial charge in [-0.15, -0.1) is 0 Å². The van der Waals surface area contributed by atoms with E-state index >= 15 is 0 Å². The largest absolute Gasteiger partial charge is 0.320 e. The minimum absolute atomic E-state index is 1.16. The lowest BCUT2D eigenvalue weighted by atomic mass is 10.1. The average molecular weight is 241 g/mol. The molecule has 0 fully saturated rings. The molecule has 0 atom stereocenters. The minimum Gasteiger partial charge on any atom is -0.320 e. The predicted octanol–water partition coefficient (Wildman–Crippen LogP) is 4.36. The monoisotopic (exact) mass is 241 g/mol. The summed E-state index contributed by atoms with van der Waals surface area (Å²) < 4.78 is 0. The molecule has 2 rings (SSSR count). The third kappa shape index (κ3) is 5.65. The highest BCUT2D eigenvalue weighted by molar-refractivity contribution is 5.62. The summed E-state index contributed by atoms with van der Waals surface area (Å²) in [5.41, 5.74) is 2.55. The van der Waals surface area contributed by atoms with Crippen molar-refractivity contribution in [1.82, 2.24) is 5.32 Å². The molecule has 18 heavy (non-hydrogen) atoms. The Morgan fingerprint density at radius 1 is 0.778 bits per heavy atom. The van der Waals surface area contributed by atoms with Crippen LogP contribution in [0.2, 0.25) is 0 Å². The Bertz CT molecular complexity index is 353. The topological polar surface area (TPSA) is 12.0 Å². The summed E-state index contributed by atoms with van der Waals surface area (Å²) in [5, 5.41) is 3.07. The van der Waals surface area contributed by atoms with Crippen molar-refractivity contribution in [2.75, 3.05) is 13.6 Å². The zero-order valence-electron chi connectivity index (χ0n) is 11.4. The van der Waals surface area contributed by atoms with E-state index in [2.05, 4.69) is 60.8 Å². The first-order valence-electron chi connectivity index (χ1n) is 6.63. The summed E-state index contributed by atoms with van der Waals surface area (Å²) in [6, 6.07) is 20.8. The molecule has 1 heteroatoms. The molecule has 0 aliphatic carbocycles. The van der Waals surface area contributed by atoms with Crippen LogP contribution in [0.5, 0.6) is 0 Å². The summed E-state index contributed by atoms with van der Waals surface area (Å²) >= 11 is 0. The van der Waals surface area contributed by atoms with Gasteiger partial charge in [0.05, 0.1) is 0 Å². The van der Waals surface area contributed by atoms with Crippen LogP contribution in [-0.2, 0) is 0 Å². The van der Waals surface area contributed by atoms with E-state index in [0.717, 1.165) is 6.54 Å². The lowest BCUT2D eigenvalue weighted by Crippen LogP contribution is -2.06. The van der Waals surface area contributed by atoms with Gasteiger partial charge in [-0.3, -0.25) is 0 Å². The van der Waals surface area contributed by atoms with Gasteiger partial charge in [-0.1, -0.05) is 74.0 Å². The molecule has 2 aromatic rings. The average Bonchev–Trinajstić information content (AvgIpc) is 2.48. The summed E-state index contributed by atoms with van der Waals surface area (Å²) in [5.74, 6) is 0. The molecule has 0 aliphatic rings. The highest BCUT2D eigenvalue weighted by atomic mass is 14.8. The first-order chi connectivity index (χ1) is 8.88. The van der Waals surface area contributed by atoms with Crippen molar-refractivity contribution in [3.8, 4) is 11.1 Å². The Kier molecular flexibility index (Phi) is 7.58. The fraction of sp³-hybridized carbons (Fsp3) is 0.294. The van der Waals surface area contributed by atoms with Crippen molar-refractivity contribution >= 4 is 0 Å². The molecule has 0 heterocycles. The molecule has 96 valence electrons. The maximum atomic E-state index is 3.07. The number of rotatable bonds is 4. The normalized spacial score (nSPS) is 9.44. The highest BCUT2D eigenvalue weighted by Crippen LogP contribution is 2.17. The van der Waals surface area contributed by atoms with Gasteiger partial charge in [0.25, 0.3) is 0 Å². The lowest BCUT2D eigenvalue weighted by Gasteiger charge is -1.98. The molecule has 0 unspecified atom stereocenters. The van der Waals surface area contributed by atoms with E-state index in [1.54, 1.807) is 0 Å². The fourth-order valence-electron chi connectivity index (χ4n) is 1.61. The van der Waals surface area contributed by atoms with Crippen LogP contribution in [0.3, 0.4) is 0 Å². The molecule has 0 bridgehead atoms. The Labute approximate surface area is 111 Å². The summed E-state index contributed by atoms with van der Waals surface area (Å²) in [4.78, 5) is 0. The summed E-state index contributed by atoms with van der Waals surface area (Å²) in [6.07, 6.45) is 2.59.